The number of benzene rings is 3. The number of amides is 2. The van der Waals surface area contributed by atoms with E-state index in [4.69, 9.17) is 14.8 Å². The average molecular weight is 479 g/mol. The number of carbonyl (C=O) groups excluding carboxylic acids is 2. The van der Waals surface area contributed by atoms with Crippen LogP contribution in [-0.2, 0) is 17.9 Å². The van der Waals surface area contributed by atoms with Gasteiger partial charge in [0.25, 0.3) is 11.1 Å². The molecule has 1 heterocycles. The summed E-state index contributed by atoms with van der Waals surface area (Å²) < 4.78 is 18.8. The zero-order valence-electron chi connectivity index (χ0n) is 17.3. The maximum atomic E-state index is 13.1. The Morgan fingerprint density at radius 3 is 2.15 bits per heavy atom. The van der Waals surface area contributed by atoms with Gasteiger partial charge in [0.15, 0.2) is 0 Å². The fraction of sp³-hybridized carbons (Fsp3) is 0.120. The van der Waals surface area contributed by atoms with E-state index in [2.05, 4.69) is 0 Å². The molecule has 1 aliphatic rings. The molecule has 2 amide bonds. The third-order valence-corrected chi connectivity index (χ3v) is 5.90. The Hall–Kier alpha value is -3.40. The molecular weight excluding hydrogens is 456 g/mol. The quantitative estimate of drug-likeness (QED) is 0.394. The second-order valence-electron chi connectivity index (χ2n) is 7.37. The summed E-state index contributed by atoms with van der Waals surface area (Å²) in [6.07, 6.45) is 1.65. The topological polar surface area (TPSA) is 87.1 Å². The van der Waals surface area contributed by atoms with Crippen LogP contribution in [0.15, 0.2) is 77.7 Å². The van der Waals surface area contributed by atoms with Crippen LogP contribution < -0.4 is 10.2 Å². The first-order valence-corrected chi connectivity index (χ1v) is 10.9. The van der Waals surface area contributed by atoms with Gasteiger partial charge in [-0.2, -0.15) is 0 Å². The number of thioether (sulfide) groups is 1. The van der Waals surface area contributed by atoms with Gasteiger partial charge in [-0.25, -0.2) is 4.39 Å². The van der Waals surface area contributed by atoms with Gasteiger partial charge in [0, 0.05) is 0 Å². The van der Waals surface area contributed by atoms with E-state index in [1.165, 1.54) is 12.1 Å². The molecule has 34 heavy (non-hydrogen) atoms. The van der Waals surface area contributed by atoms with Crippen LogP contribution in [0.5, 0.6) is 5.75 Å². The molecule has 1 aliphatic heterocycles. The van der Waals surface area contributed by atoms with Crippen molar-refractivity contribution < 1.29 is 28.8 Å². The van der Waals surface area contributed by atoms with Crippen molar-refractivity contribution in [2.24, 2.45) is 0 Å². The van der Waals surface area contributed by atoms with Gasteiger partial charge in [-0.05, 0) is 64.3 Å². The van der Waals surface area contributed by atoms with Gasteiger partial charge in [0.05, 0.1) is 11.4 Å². The van der Waals surface area contributed by atoms with Gasteiger partial charge in [-0.15, -0.1) is 0 Å². The minimum absolute atomic E-state index is 0. The van der Waals surface area contributed by atoms with Gasteiger partial charge in [-0.3, -0.25) is 14.5 Å². The van der Waals surface area contributed by atoms with Crippen molar-refractivity contribution in [2.45, 2.75) is 20.6 Å². The first-order valence-electron chi connectivity index (χ1n) is 10.1. The molecule has 0 spiro atoms. The van der Waals surface area contributed by atoms with Crippen LogP contribution in [0.4, 0.5) is 9.18 Å². The van der Waals surface area contributed by atoms with E-state index >= 15 is 0 Å². The number of carbonyl (C=O) groups is 2. The molecule has 3 aromatic carbocycles. The van der Waals surface area contributed by atoms with Crippen molar-refractivity contribution in [3.63, 3.8) is 0 Å². The van der Waals surface area contributed by atoms with Gasteiger partial charge in [0.2, 0.25) is 0 Å². The summed E-state index contributed by atoms with van der Waals surface area (Å²) in [5, 5.41) is 17.9. The molecule has 174 valence electrons. The second-order valence-corrected chi connectivity index (χ2v) is 8.36. The number of hydrogen-bond acceptors (Lipinski definition) is 6. The lowest BCUT2D eigenvalue weighted by Crippen LogP contribution is -2.29. The highest BCUT2D eigenvalue weighted by atomic mass is 32.2. The molecular formula is C25H23BFNO5S. The fourth-order valence-corrected chi connectivity index (χ4v) is 4.01. The Morgan fingerprint density at radius 1 is 0.912 bits per heavy atom. The lowest BCUT2D eigenvalue weighted by molar-refractivity contribution is -0.123. The van der Waals surface area contributed by atoms with Crippen LogP contribution in [0.2, 0.25) is 0 Å². The van der Waals surface area contributed by atoms with E-state index in [9.17, 15) is 14.0 Å². The maximum absolute atomic E-state index is 13.1. The van der Waals surface area contributed by atoms with Crippen LogP contribution in [0.1, 0.15) is 24.1 Å². The van der Waals surface area contributed by atoms with E-state index in [0.29, 0.717) is 28.3 Å². The number of nitrogens with zero attached hydrogens (tertiary/aromatic N) is 1. The Kier molecular flexibility index (Phi) is 8.28. The summed E-state index contributed by atoms with van der Waals surface area (Å²) in [6, 6.07) is 19.5. The summed E-state index contributed by atoms with van der Waals surface area (Å²) in [6.45, 7) is 0.400. The monoisotopic (exact) mass is 479 g/mol. The summed E-state index contributed by atoms with van der Waals surface area (Å²) in [5.74, 6) is -0.131. The minimum atomic E-state index is -1.50. The molecule has 6 nitrogen and oxygen atoms in total. The maximum Gasteiger partial charge on any atom is 0.488 e. The Morgan fingerprint density at radius 2 is 1.53 bits per heavy atom. The number of halogens is 1. The lowest BCUT2D eigenvalue weighted by atomic mass is 9.80. The van der Waals surface area contributed by atoms with Crippen LogP contribution in [0, 0.1) is 5.82 Å². The lowest BCUT2D eigenvalue weighted by Gasteiger charge is -2.12. The molecule has 0 unspecified atom stereocenters. The number of rotatable bonds is 7. The average Bonchev–Trinajstić information content (AvgIpc) is 3.07. The molecule has 0 bridgehead atoms. The Balaban J connectivity index is 0.00000324. The molecule has 0 saturated carbocycles. The van der Waals surface area contributed by atoms with E-state index in [1.807, 2.05) is 0 Å². The summed E-state index contributed by atoms with van der Waals surface area (Å²) in [4.78, 5) is 26.4. The Labute approximate surface area is 201 Å². The van der Waals surface area contributed by atoms with Crippen molar-refractivity contribution in [1.82, 2.24) is 4.90 Å². The fourth-order valence-electron chi connectivity index (χ4n) is 3.17. The van der Waals surface area contributed by atoms with Crippen molar-refractivity contribution in [1.29, 1.82) is 0 Å². The van der Waals surface area contributed by atoms with Gasteiger partial charge >= 0.3 is 7.12 Å². The van der Waals surface area contributed by atoms with Crippen molar-refractivity contribution in [3.8, 4) is 5.75 Å². The second kappa shape index (κ2) is 11.2. The molecule has 0 atom stereocenters. The van der Waals surface area contributed by atoms with E-state index in [-0.39, 0.29) is 30.9 Å². The zero-order chi connectivity index (χ0) is 23.4. The largest absolute Gasteiger partial charge is 0.489 e. The van der Waals surface area contributed by atoms with Gasteiger partial charge in [0.1, 0.15) is 18.2 Å². The van der Waals surface area contributed by atoms with Crippen molar-refractivity contribution in [2.75, 3.05) is 0 Å². The number of hydrogen-bond donors (Lipinski definition) is 2. The molecule has 0 radical (unpaired) electrons. The van der Waals surface area contributed by atoms with Crippen LogP contribution in [0.25, 0.3) is 6.08 Å². The highest BCUT2D eigenvalue weighted by Crippen LogP contribution is 2.33. The van der Waals surface area contributed by atoms with Crippen LogP contribution in [-0.4, -0.2) is 33.2 Å². The van der Waals surface area contributed by atoms with Crippen molar-refractivity contribution >= 4 is 41.6 Å². The standard InChI is InChI=1S/C24H19BFNO5S.CH4/c26-20-9-3-17(4-10-20)14-27-23(28)22(33-24(27)29)13-16-5-11-21(12-6-16)32-15-18-1-7-19(8-2-18)25(30)31;/h1-13,30-31H,14-15H2;1H4/b22-13-;. The third-order valence-electron chi connectivity index (χ3n) is 4.99. The molecule has 3 aromatic rings. The van der Waals surface area contributed by atoms with E-state index < -0.39 is 7.12 Å². The number of ether oxygens (including phenoxy) is 1. The summed E-state index contributed by atoms with van der Waals surface area (Å²) in [7, 11) is -1.50. The van der Waals surface area contributed by atoms with E-state index in [1.54, 1.807) is 66.7 Å². The highest BCUT2D eigenvalue weighted by molar-refractivity contribution is 8.18. The Bertz CT molecular complexity index is 1180. The molecule has 4 rings (SSSR count). The zero-order valence-corrected chi connectivity index (χ0v) is 18.2. The first-order chi connectivity index (χ1) is 15.9. The summed E-state index contributed by atoms with van der Waals surface area (Å²) >= 11 is 0.871. The normalized spacial score (nSPS) is 14.3. The predicted molar refractivity (Wildman–Crippen MR) is 132 cm³/mol. The highest BCUT2D eigenvalue weighted by Gasteiger charge is 2.34. The molecule has 1 saturated heterocycles. The van der Waals surface area contributed by atoms with Crippen LogP contribution in [0.3, 0.4) is 0 Å². The minimum Gasteiger partial charge on any atom is -0.489 e. The molecule has 9 heteroatoms. The predicted octanol–water partition coefficient (Wildman–Crippen LogP) is 3.96. The molecule has 0 aliphatic carbocycles. The smallest absolute Gasteiger partial charge is 0.488 e. The summed E-state index contributed by atoms with van der Waals surface area (Å²) in [5.41, 5.74) is 2.70. The van der Waals surface area contributed by atoms with Gasteiger partial charge in [-0.1, -0.05) is 56.0 Å². The van der Waals surface area contributed by atoms with Crippen LogP contribution >= 0.6 is 11.8 Å². The third kappa shape index (κ3) is 6.14. The van der Waals surface area contributed by atoms with Crippen molar-refractivity contribution in [3.05, 3.63) is 100 Å². The number of imide groups is 1. The molecule has 1 fully saturated rings. The van der Waals surface area contributed by atoms with E-state index in [0.717, 1.165) is 27.8 Å². The SMILES string of the molecule is C.O=C1S/C(=C\c2ccc(OCc3ccc(B(O)O)cc3)cc2)C(=O)N1Cc1ccc(F)cc1. The molecule has 2 N–H and O–H groups in total. The first kappa shape index (κ1) is 25.2. The van der Waals surface area contributed by atoms with Gasteiger partial charge < -0.3 is 14.8 Å². The molecule has 0 aromatic heterocycles.